The quantitative estimate of drug-likeness (QED) is 0.143. The third-order valence-electron chi connectivity index (χ3n) is 7.88. The number of carboxylic acid groups (broad SMARTS) is 1. The van der Waals surface area contributed by atoms with Crippen LogP contribution in [-0.4, -0.2) is 63.1 Å². The van der Waals surface area contributed by atoms with Crippen molar-refractivity contribution in [3.8, 4) is 11.5 Å². The number of ether oxygens (including phenoxy) is 5. The number of hydrogen-bond acceptors (Lipinski definition) is 8. The molecule has 9 nitrogen and oxygen atoms in total. The molecule has 0 saturated carbocycles. The topological polar surface area (TPSA) is 107 Å². The Morgan fingerprint density at radius 1 is 0.867 bits per heavy atom. The van der Waals surface area contributed by atoms with E-state index in [9.17, 15) is 14.7 Å². The first kappa shape index (κ1) is 31.8. The van der Waals surface area contributed by atoms with E-state index < -0.39 is 12.1 Å². The highest BCUT2D eigenvalue weighted by atomic mass is 16.6. The van der Waals surface area contributed by atoms with E-state index in [0.717, 1.165) is 39.6 Å². The highest BCUT2D eigenvalue weighted by Crippen LogP contribution is 2.33. The first-order valence-electron chi connectivity index (χ1n) is 15.1. The van der Waals surface area contributed by atoms with Gasteiger partial charge in [-0.2, -0.15) is 0 Å². The van der Waals surface area contributed by atoms with Crippen molar-refractivity contribution < 1.29 is 38.4 Å². The van der Waals surface area contributed by atoms with Gasteiger partial charge in [0.15, 0.2) is 6.61 Å². The van der Waals surface area contributed by atoms with Crippen LogP contribution in [-0.2, 0) is 32.2 Å². The van der Waals surface area contributed by atoms with Crippen LogP contribution in [0.15, 0.2) is 91.0 Å². The Labute approximate surface area is 263 Å². The molecule has 2 unspecified atom stereocenters. The van der Waals surface area contributed by atoms with Gasteiger partial charge in [0, 0.05) is 30.8 Å². The minimum Gasteiger partial charge on any atom is -0.530 e. The SMILES string of the molecule is COC(=O)COc1cccc2ccc(COC3CN(C(=O)[O-])CCC3c3ccc(OCCCOCc4ccccc4)cc3)cc12. The average Bonchev–Trinajstić information content (AvgIpc) is 3.08. The molecule has 0 N–H and O–H groups in total. The lowest BCUT2D eigenvalue weighted by Crippen LogP contribution is -2.51. The number of likely N-dealkylation sites (tertiary alicyclic amines) is 1. The minimum atomic E-state index is -1.20. The van der Waals surface area contributed by atoms with Crippen molar-refractivity contribution >= 4 is 22.8 Å². The largest absolute Gasteiger partial charge is 0.530 e. The molecule has 0 spiro atoms. The van der Waals surface area contributed by atoms with E-state index in [0.29, 0.717) is 38.5 Å². The Hall–Kier alpha value is -4.60. The monoisotopic (exact) mass is 612 g/mol. The molecule has 0 bridgehead atoms. The van der Waals surface area contributed by atoms with E-state index in [-0.39, 0.29) is 31.8 Å². The Kier molecular flexibility index (Phi) is 11.3. The summed E-state index contributed by atoms with van der Waals surface area (Å²) in [6, 6.07) is 29.6. The van der Waals surface area contributed by atoms with Gasteiger partial charge in [-0.05, 0) is 52.8 Å². The molecule has 5 rings (SSSR count). The standard InChI is InChI=1S/C36H39NO8/c1-41-35(38)25-45-33-10-5-9-28-12-11-27(21-32(28)33)24-44-34-22-37(36(39)40)18-17-31(34)29-13-15-30(16-14-29)43-20-6-19-42-23-26-7-3-2-4-8-26/h2-5,7-16,21,31,34H,6,17-20,22-25H2,1H3,(H,39,40)/p-1. The Bertz CT molecular complexity index is 1540. The van der Waals surface area contributed by atoms with Crippen LogP contribution in [0, 0.1) is 0 Å². The summed E-state index contributed by atoms with van der Waals surface area (Å²) in [5.74, 6) is 0.879. The van der Waals surface area contributed by atoms with Crippen LogP contribution in [0.3, 0.4) is 0 Å². The maximum absolute atomic E-state index is 11.7. The summed E-state index contributed by atoms with van der Waals surface area (Å²) in [4.78, 5) is 24.6. The fourth-order valence-corrected chi connectivity index (χ4v) is 5.46. The van der Waals surface area contributed by atoms with Gasteiger partial charge in [-0.15, -0.1) is 0 Å². The second-order valence-electron chi connectivity index (χ2n) is 10.9. The third kappa shape index (κ3) is 8.97. The molecule has 1 aliphatic heterocycles. The van der Waals surface area contributed by atoms with Crippen molar-refractivity contribution in [2.45, 2.75) is 38.1 Å². The molecule has 236 valence electrons. The molecule has 0 radical (unpaired) electrons. The van der Waals surface area contributed by atoms with Crippen LogP contribution in [0.5, 0.6) is 11.5 Å². The van der Waals surface area contributed by atoms with Gasteiger partial charge in [0.25, 0.3) is 0 Å². The molecular formula is C36H38NO8-. The highest BCUT2D eigenvalue weighted by molar-refractivity contribution is 5.89. The lowest BCUT2D eigenvalue weighted by atomic mass is 9.87. The van der Waals surface area contributed by atoms with E-state index in [1.54, 1.807) is 6.07 Å². The van der Waals surface area contributed by atoms with Crippen LogP contribution in [0.25, 0.3) is 10.8 Å². The van der Waals surface area contributed by atoms with Crippen molar-refractivity contribution in [2.24, 2.45) is 0 Å². The molecule has 2 atom stereocenters. The van der Waals surface area contributed by atoms with Gasteiger partial charge in [0.05, 0.1) is 39.6 Å². The van der Waals surface area contributed by atoms with Crippen molar-refractivity contribution in [2.75, 3.05) is 40.0 Å². The second-order valence-corrected chi connectivity index (χ2v) is 10.9. The van der Waals surface area contributed by atoms with Crippen molar-refractivity contribution in [1.29, 1.82) is 0 Å². The minimum absolute atomic E-state index is 0.000411. The fourth-order valence-electron chi connectivity index (χ4n) is 5.46. The van der Waals surface area contributed by atoms with Crippen LogP contribution in [0.4, 0.5) is 4.79 Å². The van der Waals surface area contributed by atoms with Crippen LogP contribution < -0.4 is 14.6 Å². The average molecular weight is 613 g/mol. The van der Waals surface area contributed by atoms with E-state index in [1.807, 2.05) is 84.9 Å². The van der Waals surface area contributed by atoms with Gasteiger partial charge >= 0.3 is 5.97 Å². The number of nitrogens with zero attached hydrogens (tertiary/aromatic N) is 1. The van der Waals surface area contributed by atoms with Crippen LogP contribution >= 0.6 is 0 Å². The molecule has 9 heteroatoms. The second kappa shape index (κ2) is 15.9. The molecule has 1 amide bonds. The Balaban J connectivity index is 1.18. The number of carbonyl (C=O) groups is 2. The Morgan fingerprint density at radius 2 is 1.69 bits per heavy atom. The molecule has 1 saturated heterocycles. The van der Waals surface area contributed by atoms with Gasteiger partial charge in [-0.3, -0.25) is 0 Å². The summed E-state index contributed by atoms with van der Waals surface area (Å²) in [5.41, 5.74) is 3.11. The van der Waals surface area contributed by atoms with Crippen molar-refractivity contribution in [3.63, 3.8) is 0 Å². The molecule has 1 aliphatic rings. The molecule has 0 aliphatic carbocycles. The van der Waals surface area contributed by atoms with Crippen molar-refractivity contribution in [1.82, 2.24) is 4.90 Å². The predicted molar refractivity (Wildman–Crippen MR) is 167 cm³/mol. The summed E-state index contributed by atoms with van der Waals surface area (Å²) in [7, 11) is 1.32. The highest BCUT2D eigenvalue weighted by Gasteiger charge is 2.31. The first-order valence-corrected chi connectivity index (χ1v) is 15.1. The zero-order valence-electron chi connectivity index (χ0n) is 25.4. The third-order valence-corrected chi connectivity index (χ3v) is 7.88. The number of fused-ring (bicyclic) bond motifs is 1. The molecule has 4 aromatic rings. The smallest absolute Gasteiger partial charge is 0.343 e. The molecule has 4 aromatic carbocycles. The number of methoxy groups -OCH3 is 1. The van der Waals surface area contributed by atoms with Gasteiger partial charge < -0.3 is 38.5 Å². The summed E-state index contributed by atoms with van der Waals surface area (Å²) in [5, 5.41) is 13.5. The molecule has 45 heavy (non-hydrogen) atoms. The number of hydrogen-bond donors (Lipinski definition) is 0. The number of benzene rings is 4. The van der Waals surface area contributed by atoms with E-state index in [2.05, 4.69) is 4.74 Å². The van der Waals surface area contributed by atoms with Crippen LogP contribution in [0.1, 0.15) is 35.4 Å². The van der Waals surface area contributed by atoms with Gasteiger partial charge in [-0.25, -0.2) is 4.79 Å². The number of amides is 1. The number of esters is 1. The lowest BCUT2D eigenvalue weighted by Gasteiger charge is -2.40. The van der Waals surface area contributed by atoms with Gasteiger partial charge in [0.2, 0.25) is 0 Å². The Morgan fingerprint density at radius 3 is 2.47 bits per heavy atom. The van der Waals surface area contributed by atoms with E-state index in [4.69, 9.17) is 18.9 Å². The summed E-state index contributed by atoms with van der Waals surface area (Å²) < 4.78 is 28.4. The normalized spacial score (nSPS) is 16.3. The lowest BCUT2D eigenvalue weighted by molar-refractivity contribution is -0.268. The first-order chi connectivity index (χ1) is 22.0. The number of carbonyl (C=O) groups excluding carboxylic acids is 2. The summed E-state index contributed by atoms with van der Waals surface area (Å²) in [6.45, 7) is 2.43. The predicted octanol–water partition coefficient (Wildman–Crippen LogP) is 5.10. The van der Waals surface area contributed by atoms with Gasteiger partial charge in [0.1, 0.15) is 17.6 Å². The summed E-state index contributed by atoms with van der Waals surface area (Å²) >= 11 is 0. The number of rotatable bonds is 14. The molecular weight excluding hydrogens is 574 g/mol. The van der Waals surface area contributed by atoms with E-state index >= 15 is 0 Å². The maximum atomic E-state index is 11.7. The zero-order valence-corrected chi connectivity index (χ0v) is 25.4. The maximum Gasteiger partial charge on any atom is 0.343 e. The van der Waals surface area contributed by atoms with Crippen LogP contribution in [0.2, 0.25) is 0 Å². The zero-order chi connectivity index (χ0) is 31.4. The molecule has 1 fully saturated rings. The van der Waals surface area contributed by atoms with Crippen molar-refractivity contribution in [3.05, 3.63) is 108 Å². The number of piperidine rings is 1. The molecule has 1 heterocycles. The van der Waals surface area contributed by atoms with Gasteiger partial charge in [-0.1, -0.05) is 66.7 Å². The van der Waals surface area contributed by atoms with E-state index in [1.165, 1.54) is 12.0 Å². The molecule has 0 aromatic heterocycles. The fraction of sp³-hybridized carbons (Fsp3) is 0.333. The summed E-state index contributed by atoms with van der Waals surface area (Å²) in [6.07, 6.45) is -0.177.